The Morgan fingerprint density at radius 2 is 2.04 bits per heavy atom. The summed E-state index contributed by atoms with van der Waals surface area (Å²) in [5.41, 5.74) is 3.06. The third-order valence-corrected chi connectivity index (χ3v) is 3.45. The molecule has 0 atom stereocenters. The smallest absolute Gasteiger partial charge is 0.280 e. The summed E-state index contributed by atoms with van der Waals surface area (Å²) in [4.78, 5) is 22.5. The molecule has 8 nitrogen and oxygen atoms in total. The van der Waals surface area contributed by atoms with Crippen molar-refractivity contribution in [2.45, 2.75) is 6.92 Å². The first-order valence-corrected chi connectivity index (χ1v) is 7.27. The second kappa shape index (κ2) is 6.83. The number of hydrazone groups is 1. The molecule has 0 saturated carbocycles. The summed E-state index contributed by atoms with van der Waals surface area (Å²) in [5, 5.41) is 14.9. The molecule has 2 aromatic heterocycles. The minimum absolute atomic E-state index is 0.0518. The Balaban J connectivity index is 1.73. The van der Waals surface area contributed by atoms with E-state index in [1.54, 1.807) is 43.3 Å². The van der Waals surface area contributed by atoms with Gasteiger partial charge >= 0.3 is 0 Å². The van der Waals surface area contributed by atoms with Crippen molar-refractivity contribution < 1.29 is 18.6 Å². The van der Waals surface area contributed by atoms with Gasteiger partial charge in [-0.05, 0) is 31.2 Å². The molecule has 0 aliphatic rings. The van der Waals surface area contributed by atoms with E-state index in [-0.39, 0.29) is 5.69 Å². The van der Waals surface area contributed by atoms with Crippen molar-refractivity contribution in [3.05, 3.63) is 75.9 Å². The van der Waals surface area contributed by atoms with Crippen molar-refractivity contribution in [2.75, 3.05) is 0 Å². The summed E-state index contributed by atoms with van der Waals surface area (Å²) in [5.74, 6) is 0.764. The van der Waals surface area contributed by atoms with Gasteiger partial charge in [0.2, 0.25) is 0 Å². The third-order valence-electron chi connectivity index (χ3n) is 3.45. The lowest BCUT2D eigenvalue weighted by atomic mass is 10.1. The van der Waals surface area contributed by atoms with Crippen LogP contribution in [0.3, 0.4) is 0 Å². The van der Waals surface area contributed by atoms with Crippen molar-refractivity contribution in [3.8, 4) is 11.3 Å². The van der Waals surface area contributed by atoms with E-state index >= 15 is 0 Å². The number of furan rings is 2. The first-order chi connectivity index (χ1) is 12.1. The molecule has 8 heteroatoms. The molecule has 0 spiro atoms. The van der Waals surface area contributed by atoms with E-state index in [9.17, 15) is 14.9 Å². The predicted octanol–water partition coefficient (Wildman–Crippen LogP) is 3.52. The molecule has 2 heterocycles. The van der Waals surface area contributed by atoms with Gasteiger partial charge in [-0.1, -0.05) is 12.1 Å². The topological polar surface area (TPSA) is 111 Å². The Hall–Kier alpha value is -3.68. The van der Waals surface area contributed by atoms with Crippen molar-refractivity contribution >= 4 is 17.8 Å². The van der Waals surface area contributed by atoms with Gasteiger partial charge in [0.1, 0.15) is 17.3 Å². The Bertz CT molecular complexity index is 955. The first-order valence-electron chi connectivity index (χ1n) is 7.27. The summed E-state index contributed by atoms with van der Waals surface area (Å²) in [7, 11) is 0. The summed E-state index contributed by atoms with van der Waals surface area (Å²) < 4.78 is 10.6. The van der Waals surface area contributed by atoms with Crippen LogP contribution in [-0.2, 0) is 0 Å². The van der Waals surface area contributed by atoms with Gasteiger partial charge in [-0.3, -0.25) is 14.9 Å². The highest BCUT2D eigenvalue weighted by atomic mass is 16.6. The summed E-state index contributed by atoms with van der Waals surface area (Å²) in [6.45, 7) is 1.67. The Kier molecular flexibility index (Phi) is 4.42. The molecule has 0 saturated heterocycles. The molecular formula is C17H13N3O5. The lowest BCUT2D eigenvalue weighted by Crippen LogP contribution is -2.17. The average molecular weight is 339 g/mol. The lowest BCUT2D eigenvalue weighted by molar-refractivity contribution is -0.384. The number of hydrogen-bond acceptors (Lipinski definition) is 6. The van der Waals surface area contributed by atoms with Gasteiger partial charge < -0.3 is 8.83 Å². The highest BCUT2D eigenvalue weighted by Gasteiger charge is 2.17. The minimum atomic E-state index is -0.473. The maximum absolute atomic E-state index is 11.9. The van der Waals surface area contributed by atoms with Crippen LogP contribution in [0.15, 0.2) is 62.7 Å². The minimum Gasteiger partial charge on any atom is -0.469 e. The summed E-state index contributed by atoms with van der Waals surface area (Å²) >= 11 is 0. The standard InChI is InChI=1S/C17H13N3O5/c1-11-13(8-9-24-11)17(21)19-18-10-12-6-7-16(25-12)14-4-2-3-5-15(14)20(22)23/h2-10H,1H3,(H,19,21)/b18-10+. The van der Waals surface area contributed by atoms with Crippen LogP contribution in [0.1, 0.15) is 21.9 Å². The second-order valence-electron chi connectivity index (χ2n) is 5.07. The van der Waals surface area contributed by atoms with Crippen LogP contribution in [0, 0.1) is 17.0 Å². The number of amides is 1. The summed E-state index contributed by atoms with van der Waals surface area (Å²) in [6, 6.07) is 11.0. The zero-order valence-electron chi connectivity index (χ0n) is 13.1. The SMILES string of the molecule is Cc1occc1C(=O)N/N=C/c1ccc(-c2ccccc2[N+](=O)[O-])o1. The van der Waals surface area contributed by atoms with Crippen LogP contribution in [-0.4, -0.2) is 17.0 Å². The largest absolute Gasteiger partial charge is 0.469 e. The molecule has 0 radical (unpaired) electrons. The van der Waals surface area contributed by atoms with E-state index in [2.05, 4.69) is 10.5 Å². The highest BCUT2D eigenvalue weighted by molar-refractivity contribution is 5.95. The first kappa shape index (κ1) is 16.2. The third kappa shape index (κ3) is 3.47. The number of nitro benzene ring substituents is 1. The number of carbonyl (C=O) groups is 1. The fourth-order valence-corrected chi connectivity index (χ4v) is 2.24. The number of hydrogen-bond donors (Lipinski definition) is 1. The fraction of sp³-hybridized carbons (Fsp3) is 0.0588. The van der Waals surface area contributed by atoms with Gasteiger partial charge in [0.05, 0.1) is 28.5 Å². The van der Waals surface area contributed by atoms with Crippen LogP contribution in [0.25, 0.3) is 11.3 Å². The van der Waals surface area contributed by atoms with Crippen molar-refractivity contribution in [1.29, 1.82) is 0 Å². The number of nitro groups is 1. The van der Waals surface area contributed by atoms with Gasteiger partial charge in [-0.15, -0.1) is 0 Å². The quantitative estimate of drug-likeness (QED) is 0.434. The van der Waals surface area contributed by atoms with E-state index in [1.807, 2.05) is 0 Å². The van der Waals surface area contributed by atoms with Crippen molar-refractivity contribution in [1.82, 2.24) is 5.43 Å². The molecular weight excluding hydrogens is 326 g/mol. The van der Waals surface area contributed by atoms with Crippen LogP contribution in [0.5, 0.6) is 0 Å². The Morgan fingerprint density at radius 1 is 1.24 bits per heavy atom. The van der Waals surface area contributed by atoms with Crippen LogP contribution < -0.4 is 5.43 Å². The number of nitrogens with zero attached hydrogens (tertiary/aromatic N) is 2. The number of carbonyl (C=O) groups excluding carboxylic acids is 1. The molecule has 1 aromatic carbocycles. The zero-order valence-corrected chi connectivity index (χ0v) is 13.1. The van der Waals surface area contributed by atoms with Gasteiger partial charge in [-0.25, -0.2) is 5.43 Å². The molecule has 3 aromatic rings. The lowest BCUT2D eigenvalue weighted by Gasteiger charge is -1.98. The number of nitrogens with one attached hydrogen (secondary N) is 1. The molecule has 1 N–H and O–H groups in total. The zero-order chi connectivity index (χ0) is 17.8. The predicted molar refractivity (Wildman–Crippen MR) is 89.3 cm³/mol. The average Bonchev–Trinajstić information content (AvgIpc) is 3.23. The van der Waals surface area contributed by atoms with Crippen molar-refractivity contribution in [2.24, 2.45) is 5.10 Å². The Morgan fingerprint density at radius 3 is 2.76 bits per heavy atom. The van der Waals surface area contributed by atoms with E-state index in [0.717, 1.165) is 0 Å². The monoisotopic (exact) mass is 339 g/mol. The molecule has 0 unspecified atom stereocenters. The molecule has 25 heavy (non-hydrogen) atoms. The molecule has 0 fully saturated rings. The van der Waals surface area contributed by atoms with Gasteiger partial charge in [-0.2, -0.15) is 5.10 Å². The van der Waals surface area contributed by atoms with Gasteiger partial charge in [0.25, 0.3) is 11.6 Å². The van der Waals surface area contributed by atoms with E-state index in [4.69, 9.17) is 8.83 Å². The van der Waals surface area contributed by atoms with E-state index in [0.29, 0.717) is 28.4 Å². The normalized spacial score (nSPS) is 10.9. The number of benzene rings is 1. The molecule has 126 valence electrons. The molecule has 0 aliphatic carbocycles. The molecule has 1 amide bonds. The van der Waals surface area contributed by atoms with Gasteiger partial charge in [0, 0.05) is 6.07 Å². The van der Waals surface area contributed by atoms with Crippen LogP contribution in [0.2, 0.25) is 0 Å². The Labute approximate surface area is 141 Å². The fourth-order valence-electron chi connectivity index (χ4n) is 2.24. The van der Waals surface area contributed by atoms with E-state index < -0.39 is 10.8 Å². The van der Waals surface area contributed by atoms with Crippen molar-refractivity contribution in [3.63, 3.8) is 0 Å². The van der Waals surface area contributed by atoms with Crippen LogP contribution in [0.4, 0.5) is 5.69 Å². The molecule has 0 bridgehead atoms. The maximum atomic E-state index is 11.9. The molecule has 0 aliphatic heterocycles. The highest BCUT2D eigenvalue weighted by Crippen LogP contribution is 2.30. The van der Waals surface area contributed by atoms with Gasteiger partial charge in [0.15, 0.2) is 0 Å². The number of rotatable bonds is 5. The van der Waals surface area contributed by atoms with Crippen LogP contribution >= 0.6 is 0 Å². The second-order valence-corrected chi connectivity index (χ2v) is 5.07. The number of aryl methyl sites for hydroxylation is 1. The van der Waals surface area contributed by atoms with E-state index in [1.165, 1.54) is 18.5 Å². The maximum Gasteiger partial charge on any atom is 0.280 e. The summed E-state index contributed by atoms with van der Waals surface area (Å²) in [6.07, 6.45) is 2.73. The molecule has 3 rings (SSSR count). The number of para-hydroxylation sites is 1.